The van der Waals surface area contributed by atoms with Gasteiger partial charge in [0, 0.05) is 37.2 Å². The van der Waals surface area contributed by atoms with Gasteiger partial charge in [0.05, 0.1) is 7.11 Å². The van der Waals surface area contributed by atoms with Crippen LogP contribution >= 0.6 is 11.6 Å². The van der Waals surface area contributed by atoms with Gasteiger partial charge in [-0.25, -0.2) is 0 Å². The third-order valence-electron chi connectivity index (χ3n) is 3.11. The number of hydrogen-bond acceptors (Lipinski definition) is 3. The third kappa shape index (κ3) is 3.35. The van der Waals surface area contributed by atoms with Gasteiger partial charge in [0.1, 0.15) is 5.75 Å². The van der Waals surface area contributed by atoms with E-state index >= 15 is 0 Å². The lowest BCUT2D eigenvalue weighted by molar-refractivity contribution is 0.199. The molecule has 1 heterocycles. The van der Waals surface area contributed by atoms with Crippen LogP contribution in [0.2, 0.25) is 5.02 Å². The van der Waals surface area contributed by atoms with E-state index in [2.05, 4.69) is 17.1 Å². The standard InChI is InChI=1S/C13H19ClN2O/c1-10-8-16(6-5-15-10)9-11-3-4-12(17-2)7-13(11)14/h3-4,7,10,15H,5-6,8-9H2,1-2H3/t10-/m0/s1. The van der Waals surface area contributed by atoms with E-state index in [9.17, 15) is 0 Å². The molecule has 1 aliphatic rings. The minimum atomic E-state index is 0.556. The number of methoxy groups -OCH3 is 1. The van der Waals surface area contributed by atoms with Gasteiger partial charge in [-0.05, 0) is 24.6 Å². The van der Waals surface area contributed by atoms with E-state index in [0.717, 1.165) is 37.0 Å². The van der Waals surface area contributed by atoms with Crippen LogP contribution in [0.4, 0.5) is 0 Å². The first kappa shape index (κ1) is 12.7. The highest BCUT2D eigenvalue weighted by molar-refractivity contribution is 6.31. The number of nitrogens with one attached hydrogen (secondary N) is 1. The monoisotopic (exact) mass is 254 g/mol. The van der Waals surface area contributed by atoms with Crippen molar-refractivity contribution >= 4 is 11.6 Å². The average molecular weight is 255 g/mol. The molecule has 1 N–H and O–H groups in total. The number of ether oxygens (including phenoxy) is 1. The molecule has 94 valence electrons. The molecule has 1 aromatic rings. The Balaban J connectivity index is 2.02. The largest absolute Gasteiger partial charge is 0.497 e. The van der Waals surface area contributed by atoms with Crippen LogP contribution in [-0.2, 0) is 6.54 Å². The predicted octanol–water partition coefficient (Wildman–Crippen LogP) is 2.14. The van der Waals surface area contributed by atoms with Gasteiger partial charge in [-0.2, -0.15) is 0 Å². The van der Waals surface area contributed by atoms with E-state index in [1.165, 1.54) is 5.56 Å². The first-order valence-corrected chi connectivity index (χ1v) is 6.35. The topological polar surface area (TPSA) is 24.5 Å². The Hall–Kier alpha value is -0.770. The lowest BCUT2D eigenvalue weighted by atomic mass is 10.1. The molecule has 1 atom stereocenters. The molecule has 1 aliphatic heterocycles. The van der Waals surface area contributed by atoms with Crippen molar-refractivity contribution in [2.45, 2.75) is 19.5 Å². The number of piperazine rings is 1. The fraction of sp³-hybridized carbons (Fsp3) is 0.538. The van der Waals surface area contributed by atoms with Gasteiger partial charge in [-0.1, -0.05) is 17.7 Å². The smallest absolute Gasteiger partial charge is 0.120 e. The van der Waals surface area contributed by atoms with Crippen molar-refractivity contribution in [3.8, 4) is 5.75 Å². The zero-order valence-corrected chi connectivity index (χ0v) is 11.1. The molecule has 1 fully saturated rings. The Morgan fingerprint density at radius 3 is 3.00 bits per heavy atom. The highest BCUT2D eigenvalue weighted by Crippen LogP contribution is 2.23. The maximum Gasteiger partial charge on any atom is 0.120 e. The van der Waals surface area contributed by atoms with Crippen molar-refractivity contribution in [3.63, 3.8) is 0 Å². The molecule has 2 rings (SSSR count). The number of hydrogen-bond donors (Lipinski definition) is 1. The van der Waals surface area contributed by atoms with E-state index in [1.807, 2.05) is 18.2 Å². The van der Waals surface area contributed by atoms with Gasteiger partial charge in [0.15, 0.2) is 0 Å². The van der Waals surface area contributed by atoms with Crippen LogP contribution in [0.25, 0.3) is 0 Å². The summed E-state index contributed by atoms with van der Waals surface area (Å²) in [5, 5.41) is 4.22. The molecule has 4 heteroatoms. The molecule has 0 radical (unpaired) electrons. The number of benzene rings is 1. The van der Waals surface area contributed by atoms with Crippen LogP contribution in [0.5, 0.6) is 5.75 Å². The lowest BCUT2D eigenvalue weighted by Crippen LogP contribution is -2.48. The van der Waals surface area contributed by atoms with Crippen LogP contribution in [0, 0.1) is 0 Å². The van der Waals surface area contributed by atoms with Gasteiger partial charge in [0.2, 0.25) is 0 Å². The molecule has 0 bridgehead atoms. The van der Waals surface area contributed by atoms with Crippen molar-refractivity contribution in [2.75, 3.05) is 26.7 Å². The lowest BCUT2D eigenvalue weighted by Gasteiger charge is -2.32. The average Bonchev–Trinajstić information content (AvgIpc) is 2.32. The van der Waals surface area contributed by atoms with Gasteiger partial charge in [-0.3, -0.25) is 4.90 Å². The quantitative estimate of drug-likeness (QED) is 0.895. The second-order valence-corrected chi connectivity index (χ2v) is 4.95. The summed E-state index contributed by atoms with van der Waals surface area (Å²) in [6.07, 6.45) is 0. The minimum absolute atomic E-state index is 0.556. The molecule has 1 aromatic carbocycles. The zero-order valence-electron chi connectivity index (χ0n) is 10.4. The SMILES string of the molecule is COc1ccc(CN2CCN[C@@H](C)C2)c(Cl)c1. The van der Waals surface area contributed by atoms with Crippen molar-refractivity contribution < 1.29 is 4.74 Å². The van der Waals surface area contributed by atoms with E-state index in [-0.39, 0.29) is 0 Å². The molecule has 0 aromatic heterocycles. The fourth-order valence-corrected chi connectivity index (χ4v) is 2.41. The van der Waals surface area contributed by atoms with E-state index in [1.54, 1.807) is 7.11 Å². The van der Waals surface area contributed by atoms with Crippen LogP contribution in [-0.4, -0.2) is 37.7 Å². The summed E-state index contributed by atoms with van der Waals surface area (Å²) in [5.74, 6) is 0.812. The van der Waals surface area contributed by atoms with Crippen molar-refractivity contribution in [1.29, 1.82) is 0 Å². The normalized spacial score (nSPS) is 21.5. The highest BCUT2D eigenvalue weighted by atomic mass is 35.5. The molecular formula is C13H19ClN2O. The molecule has 0 unspecified atom stereocenters. The zero-order chi connectivity index (χ0) is 12.3. The van der Waals surface area contributed by atoms with Crippen molar-refractivity contribution in [1.82, 2.24) is 10.2 Å². The molecule has 17 heavy (non-hydrogen) atoms. The number of halogens is 1. The van der Waals surface area contributed by atoms with Crippen molar-refractivity contribution in [2.24, 2.45) is 0 Å². The molecule has 0 aliphatic carbocycles. The summed E-state index contributed by atoms with van der Waals surface area (Å²) in [4.78, 5) is 2.43. The van der Waals surface area contributed by atoms with Gasteiger partial charge >= 0.3 is 0 Å². The van der Waals surface area contributed by atoms with Gasteiger partial charge < -0.3 is 10.1 Å². The first-order valence-electron chi connectivity index (χ1n) is 5.97. The van der Waals surface area contributed by atoms with Gasteiger partial charge in [0.25, 0.3) is 0 Å². The van der Waals surface area contributed by atoms with Gasteiger partial charge in [-0.15, -0.1) is 0 Å². The molecular weight excluding hydrogens is 236 g/mol. The Morgan fingerprint density at radius 2 is 2.35 bits per heavy atom. The first-order chi connectivity index (χ1) is 8.19. The van der Waals surface area contributed by atoms with Crippen LogP contribution in [0.3, 0.4) is 0 Å². The second kappa shape index (κ2) is 5.71. The summed E-state index contributed by atoms with van der Waals surface area (Å²) < 4.78 is 5.15. The summed E-state index contributed by atoms with van der Waals surface area (Å²) >= 11 is 6.24. The molecule has 0 spiro atoms. The minimum Gasteiger partial charge on any atom is -0.497 e. The van der Waals surface area contributed by atoms with Crippen molar-refractivity contribution in [3.05, 3.63) is 28.8 Å². The molecule has 0 amide bonds. The highest BCUT2D eigenvalue weighted by Gasteiger charge is 2.16. The van der Waals surface area contributed by atoms with E-state index in [4.69, 9.17) is 16.3 Å². The summed E-state index contributed by atoms with van der Waals surface area (Å²) in [6.45, 7) is 6.32. The van der Waals surface area contributed by atoms with Crippen LogP contribution in [0.15, 0.2) is 18.2 Å². The summed E-state index contributed by atoms with van der Waals surface area (Å²) in [6, 6.07) is 6.45. The Kier molecular flexibility index (Phi) is 4.26. The maximum atomic E-state index is 6.24. The summed E-state index contributed by atoms with van der Waals surface area (Å²) in [7, 11) is 1.66. The third-order valence-corrected chi connectivity index (χ3v) is 3.46. The van der Waals surface area contributed by atoms with Crippen LogP contribution in [0.1, 0.15) is 12.5 Å². The fourth-order valence-electron chi connectivity index (χ4n) is 2.18. The van der Waals surface area contributed by atoms with E-state index in [0.29, 0.717) is 6.04 Å². The van der Waals surface area contributed by atoms with Crippen LogP contribution < -0.4 is 10.1 Å². The summed E-state index contributed by atoms with van der Waals surface area (Å²) in [5.41, 5.74) is 1.17. The predicted molar refractivity (Wildman–Crippen MR) is 70.7 cm³/mol. The molecule has 0 saturated carbocycles. The number of nitrogens with zero attached hydrogens (tertiary/aromatic N) is 1. The number of rotatable bonds is 3. The Morgan fingerprint density at radius 1 is 1.53 bits per heavy atom. The second-order valence-electron chi connectivity index (χ2n) is 4.55. The maximum absolute atomic E-state index is 6.24. The van der Waals surface area contributed by atoms with E-state index < -0.39 is 0 Å². The molecule has 1 saturated heterocycles. The Labute approximate surface area is 108 Å². The Bertz CT molecular complexity index is 384. The molecule has 3 nitrogen and oxygen atoms in total.